The maximum atomic E-state index is 5.71. The molecule has 0 amide bonds. The SMILES string of the molecule is CCOCOc1c(C)cc(Br)cc1CNC(C)C. The minimum absolute atomic E-state index is 0.299. The first-order valence-corrected chi connectivity index (χ1v) is 7.06. The van der Waals surface area contributed by atoms with Crippen LogP contribution in [0.4, 0.5) is 0 Å². The Morgan fingerprint density at radius 2 is 2.06 bits per heavy atom. The van der Waals surface area contributed by atoms with Gasteiger partial charge in [-0.3, -0.25) is 0 Å². The molecule has 1 aromatic carbocycles. The summed E-state index contributed by atoms with van der Waals surface area (Å²) in [5.41, 5.74) is 2.26. The first-order valence-electron chi connectivity index (χ1n) is 6.27. The van der Waals surface area contributed by atoms with Gasteiger partial charge in [0.2, 0.25) is 0 Å². The maximum absolute atomic E-state index is 5.71. The van der Waals surface area contributed by atoms with Crippen molar-refractivity contribution in [2.45, 2.75) is 40.3 Å². The van der Waals surface area contributed by atoms with Crippen LogP contribution in [-0.4, -0.2) is 19.4 Å². The van der Waals surface area contributed by atoms with Crippen LogP contribution in [0.1, 0.15) is 31.9 Å². The van der Waals surface area contributed by atoms with Crippen LogP contribution in [0.25, 0.3) is 0 Å². The molecule has 0 saturated heterocycles. The van der Waals surface area contributed by atoms with Crippen LogP contribution in [0.3, 0.4) is 0 Å². The Morgan fingerprint density at radius 3 is 2.67 bits per heavy atom. The van der Waals surface area contributed by atoms with Crippen LogP contribution in [-0.2, 0) is 11.3 Å². The van der Waals surface area contributed by atoms with E-state index in [1.54, 1.807) is 0 Å². The number of aryl methyl sites for hydroxylation is 1. The van der Waals surface area contributed by atoms with E-state index in [2.05, 4.69) is 47.2 Å². The summed E-state index contributed by atoms with van der Waals surface area (Å²) < 4.78 is 12.0. The summed E-state index contributed by atoms with van der Waals surface area (Å²) in [6, 6.07) is 4.59. The first kappa shape index (κ1) is 15.5. The molecule has 0 bridgehead atoms. The molecule has 1 rings (SSSR count). The zero-order valence-corrected chi connectivity index (χ0v) is 13.1. The number of hydrogen-bond acceptors (Lipinski definition) is 3. The molecule has 0 saturated carbocycles. The van der Waals surface area contributed by atoms with E-state index in [0.717, 1.165) is 27.9 Å². The summed E-state index contributed by atoms with van der Waals surface area (Å²) in [5, 5.41) is 3.41. The number of halogens is 1. The van der Waals surface area contributed by atoms with Gasteiger partial charge >= 0.3 is 0 Å². The van der Waals surface area contributed by atoms with Crippen LogP contribution in [0, 0.1) is 6.92 Å². The Hall–Kier alpha value is -0.580. The second-order valence-electron chi connectivity index (χ2n) is 4.50. The zero-order valence-electron chi connectivity index (χ0n) is 11.5. The molecule has 0 heterocycles. The highest BCUT2D eigenvalue weighted by Crippen LogP contribution is 2.28. The van der Waals surface area contributed by atoms with Gasteiger partial charge in [-0.15, -0.1) is 0 Å². The molecule has 0 aliphatic heterocycles. The van der Waals surface area contributed by atoms with Gasteiger partial charge in [-0.1, -0.05) is 29.8 Å². The van der Waals surface area contributed by atoms with Crippen LogP contribution in [0.2, 0.25) is 0 Å². The van der Waals surface area contributed by atoms with E-state index in [-0.39, 0.29) is 0 Å². The van der Waals surface area contributed by atoms with E-state index >= 15 is 0 Å². The predicted molar refractivity (Wildman–Crippen MR) is 78.0 cm³/mol. The van der Waals surface area contributed by atoms with Gasteiger partial charge in [0.15, 0.2) is 6.79 Å². The second kappa shape index (κ2) is 7.77. The first-order chi connectivity index (χ1) is 8.54. The largest absolute Gasteiger partial charge is 0.467 e. The second-order valence-corrected chi connectivity index (χ2v) is 5.42. The molecule has 0 unspecified atom stereocenters. The van der Waals surface area contributed by atoms with E-state index in [1.807, 2.05) is 13.8 Å². The third-order valence-electron chi connectivity index (χ3n) is 2.51. The van der Waals surface area contributed by atoms with Crippen LogP contribution < -0.4 is 10.1 Å². The molecule has 0 aromatic heterocycles. The monoisotopic (exact) mass is 315 g/mol. The molecule has 1 N–H and O–H groups in total. The third kappa shape index (κ3) is 4.96. The van der Waals surface area contributed by atoms with Gasteiger partial charge in [-0.05, 0) is 31.5 Å². The summed E-state index contributed by atoms with van der Waals surface area (Å²) in [5.74, 6) is 0.916. The van der Waals surface area contributed by atoms with Crippen molar-refractivity contribution >= 4 is 15.9 Å². The topological polar surface area (TPSA) is 30.5 Å². The Kier molecular flexibility index (Phi) is 6.68. The van der Waals surface area contributed by atoms with Crippen molar-refractivity contribution in [3.05, 3.63) is 27.7 Å². The summed E-state index contributed by atoms with van der Waals surface area (Å²) in [6.45, 7) is 10.0. The molecule has 1 aromatic rings. The highest BCUT2D eigenvalue weighted by atomic mass is 79.9. The molecule has 18 heavy (non-hydrogen) atoms. The molecular weight excluding hydrogens is 294 g/mol. The molecule has 0 atom stereocenters. The molecule has 0 spiro atoms. The summed E-state index contributed by atoms with van der Waals surface area (Å²) in [7, 11) is 0. The van der Waals surface area contributed by atoms with Crippen molar-refractivity contribution in [3.8, 4) is 5.75 Å². The van der Waals surface area contributed by atoms with Gasteiger partial charge in [0, 0.05) is 29.2 Å². The van der Waals surface area contributed by atoms with Crippen molar-refractivity contribution in [2.75, 3.05) is 13.4 Å². The number of rotatable bonds is 7. The summed E-state index contributed by atoms with van der Waals surface area (Å²) in [6.07, 6.45) is 0. The van der Waals surface area contributed by atoms with Gasteiger partial charge in [0.1, 0.15) is 5.75 Å². The van der Waals surface area contributed by atoms with E-state index in [1.165, 1.54) is 0 Å². The molecular formula is C14H22BrNO2. The van der Waals surface area contributed by atoms with Crippen molar-refractivity contribution in [1.82, 2.24) is 5.32 Å². The van der Waals surface area contributed by atoms with Crippen molar-refractivity contribution in [2.24, 2.45) is 0 Å². The van der Waals surface area contributed by atoms with E-state index in [9.17, 15) is 0 Å². The lowest BCUT2D eigenvalue weighted by atomic mass is 10.1. The van der Waals surface area contributed by atoms with Crippen molar-refractivity contribution in [1.29, 1.82) is 0 Å². The lowest BCUT2D eigenvalue weighted by molar-refractivity contribution is 0.0213. The highest BCUT2D eigenvalue weighted by molar-refractivity contribution is 9.10. The van der Waals surface area contributed by atoms with Gasteiger partial charge in [0.05, 0.1) is 0 Å². The van der Waals surface area contributed by atoms with Crippen LogP contribution in [0.5, 0.6) is 5.75 Å². The lowest BCUT2D eigenvalue weighted by Gasteiger charge is -2.16. The zero-order chi connectivity index (χ0) is 13.5. The Balaban J connectivity index is 2.83. The van der Waals surface area contributed by atoms with Gasteiger partial charge < -0.3 is 14.8 Å². The Labute approximate surface area is 118 Å². The third-order valence-corrected chi connectivity index (χ3v) is 2.97. The van der Waals surface area contributed by atoms with E-state index in [4.69, 9.17) is 9.47 Å². The Bertz CT molecular complexity index is 380. The fraction of sp³-hybridized carbons (Fsp3) is 0.571. The van der Waals surface area contributed by atoms with Gasteiger partial charge in [-0.25, -0.2) is 0 Å². The molecule has 0 fully saturated rings. The number of benzene rings is 1. The minimum atomic E-state index is 0.299. The summed E-state index contributed by atoms with van der Waals surface area (Å²) in [4.78, 5) is 0. The average Bonchev–Trinajstić information content (AvgIpc) is 2.29. The van der Waals surface area contributed by atoms with E-state index in [0.29, 0.717) is 19.4 Å². The predicted octanol–water partition coefficient (Wildman–Crippen LogP) is 3.63. The highest BCUT2D eigenvalue weighted by Gasteiger charge is 2.09. The molecule has 4 heteroatoms. The molecule has 0 radical (unpaired) electrons. The van der Waals surface area contributed by atoms with Crippen molar-refractivity contribution in [3.63, 3.8) is 0 Å². The molecule has 0 aliphatic rings. The number of ether oxygens (including phenoxy) is 2. The lowest BCUT2D eigenvalue weighted by Crippen LogP contribution is -2.22. The summed E-state index contributed by atoms with van der Waals surface area (Å²) >= 11 is 3.52. The minimum Gasteiger partial charge on any atom is -0.467 e. The molecule has 102 valence electrons. The van der Waals surface area contributed by atoms with Gasteiger partial charge in [0.25, 0.3) is 0 Å². The fourth-order valence-corrected chi connectivity index (χ4v) is 2.25. The Morgan fingerprint density at radius 1 is 1.33 bits per heavy atom. The molecule has 0 aliphatic carbocycles. The number of nitrogens with one attached hydrogen (secondary N) is 1. The molecule has 3 nitrogen and oxygen atoms in total. The van der Waals surface area contributed by atoms with Crippen LogP contribution >= 0.6 is 15.9 Å². The quantitative estimate of drug-likeness (QED) is 0.615. The maximum Gasteiger partial charge on any atom is 0.189 e. The standard InChI is InChI=1S/C14H22BrNO2/c1-5-17-9-18-14-11(4)6-13(15)7-12(14)8-16-10(2)3/h6-7,10,16H,5,8-9H2,1-4H3. The normalized spacial score (nSPS) is 11.0. The van der Waals surface area contributed by atoms with E-state index < -0.39 is 0 Å². The van der Waals surface area contributed by atoms with Crippen molar-refractivity contribution < 1.29 is 9.47 Å². The smallest absolute Gasteiger partial charge is 0.189 e. The fourth-order valence-electron chi connectivity index (χ4n) is 1.64. The average molecular weight is 316 g/mol. The number of hydrogen-bond donors (Lipinski definition) is 1. The van der Waals surface area contributed by atoms with Gasteiger partial charge in [-0.2, -0.15) is 0 Å². The van der Waals surface area contributed by atoms with Crippen LogP contribution in [0.15, 0.2) is 16.6 Å².